The van der Waals surface area contributed by atoms with Crippen LogP contribution >= 0.6 is 0 Å². The van der Waals surface area contributed by atoms with E-state index < -0.39 is 5.60 Å². The molecule has 6 atom stereocenters. The van der Waals surface area contributed by atoms with Crippen LogP contribution in [0.2, 0.25) is 0 Å². The van der Waals surface area contributed by atoms with Crippen molar-refractivity contribution in [1.82, 2.24) is 0 Å². The van der Waals surface area contributed by atoms with Gasteiger partial charge in [0.15, 0.2) is 11.4 Å². The summed E-state index contributed by atoms with van der Waals surface area (Å²) < 4.78 is 0. The monoisotopic (exact) mass is 299 g/mol. The third-order valence-electron chi connectivity index (χ3n) is 7.64. The molecule has 0 bridgehead atoms. The van der Waals surface area contributed by atoms with E-state index in [-0.39, 0.29) is 5.41 Å². The van der Waals surface area contributed by atoms with Gasteiger partial charge in [0.25, 0.3) is 0 Å². The van der Waals surface area contributed by atoms with Gasteiger partial charge >= 0.3 is 0 Å². The maximum absolute atomic E-state index is 11.7. The van der Waals surface area contributed by atoms with E-state index in [1.54, 1.807) is 0 Å². The molecule has 0 aromatic carbocycles. The van der Waals surface area contributed by atoms with Crippen molar-refractivity contribution in [3.8, 4) is 6.07 Å². The van der Waals surface area contributed by atoms with Gasteiger partial charge in [0.1, 0.15) is 0 Å². The molecule has 3 fully saturated rings. The summed E-state index contributed by atoms with van der Waals surface area (Å²) in [5, 5.41) is 20.3. The highest BCUT2D eigenvalue weighted by Gasteiger charge is 2.62. The molecule has 4 rings (SSSR count). The molecular formula is C19H25NO2. The smallest absolute Gasteiger partial charge is 0.156 e. The van der Waals surface area contributed by atoms with Crippen molar-refractivity contribution < 1.29 is 9.90 Å². The largest absolute Gasteiger partial charge is 0.375 e. The highest BCUT2D eigenvalue weighted by atomic mass is 16.3. The molecule has 1 N–H and O–H groups in total. The van der Waals surface area contributed by atoms with E-state index in [4.69, 9.17) is 0 Å². The van der Waals surface area contributed by atoms with Gasteiger partial charge in [-0.15, -0.1) is 0 Å². The second kappa shape index (κ2) is 4.68. The zero-order valence-electron chi connectivity index (χ0n) is 13.3. The van der Waals surface area contributed by atoms with Gasteiger partial charge in [-0.1, -0.05) is 12.5 Å². The Morgan fingerprint density at radius 2 is 2.00 bits per heavy atom. The zero-order valence-corrected chi connectivity index (χ0v) is 13.3. The van der Waals surface area contributed by atoms with E-state index in [1.165, 1.54) is 5.57 Å². The number of carbonyl (C=O) groups excluding carboxylic acids is 1. The molecule has 3 nitrogen and oxygen atoms in total. The maximum Gasteiger partial charge on any atom is 0.156 e. The Balaban J connectivity index is 1.65. The topological polar surface area (TPSA) is 61.1 Å². The summed E-state index contributed by atoms with van der Waals surface area (Å²) in [5.74, 6) is 2.70. The van der Waals surface area contributed by atoms with Crippen molar-refractivity contribution in [3.63, 3.8) is 0 Å². The van der Waals surface area contributed by atoms with Crippen molar-refractivity contribution in [2.24, 2.45) is 29.1 Å². The SMILES string of the molecule is C[C@]12CC[C@@H]3C4CCC(=O)C=C4CC[C@H]3[C@@H]1CC[C@@]2(O)C#N. The molecular weight excluding hydrogens is 274 g/mol. The van der Waals surface area contributed by atoms with Gasteiger partial charge in [-0.05, 0) is 74.7 Å². The number of ketones is 1. The fourth-order valence-corrected chi connectivity index (χ4v) is 6.38. The van der Waals surface area contributed by atoms with E-state index in [9.17, 15) is 15.2 Å². The van der Waals surface area contributed by atoms with Gasteiger partial charge in [-0.2, -0.15) is 5.26 Å². The maximum atomic E-state index is 11.7. The minimum Gasteiger partial charge on any atom is -0.375 e. The number of hydrogen-bond donors (Lipinski definition) is 1. The first-order valence-electron chi connectivity index (χ1n) is 8.85. The van der Waals surface area contributed by atoms with Crippen molar-refractivity contribution >= 4 is 5.78 Å². The van der Waals surface area contributed by atoms with Crippen LogP contribution in [0.1, 0.15) is 58.3 Å². The predicted octanol–water partition coefficient (Wildman–Crippen LogP) is 3.38. The van der Waals surface area contributed by atoms with Crippen molar-refractivity contribution in [2.45, 2.75) is 63.9 Å². The molecule has 118 valence electrons. The zero-order chi connectivity index (χ0) is 15.5. The summed E-state index contributed by atoms with van der Waals surface area (Å²) in [4.78, 5) is 11.7. The number of allylic oxidation sites excluding steroid dienone is 1. The van der Waals surface area contributed by atoms with Crippen LogP contribution in [-0.4, -0.2) is 16.5 Å². The van der Waals surface area contributed by atoms with E-state index in [1.807, 2.05) is 6.08 Å². The molecule has 4 aliphatic carbocycles. The number of rotatable bonds is 0. The highest BCUT2D eigenvalue weighted by molar-refractivity contribution is 5.91. The summed E-state index contributed by atoms with van der Waals surface area (Å²) in [5.41, 5.74) is 0.0465. The normalized spacial score (nSPS) is 50.4. The van der Waals surface area contributed by atoms with Gasteiger partial charge in [-0.25, -0.2) is 0 Å². The van der Waals surface area contributed by atoms with Gasteiger partial charge in [-0.3, -0.25) is 4.79 Å². The second-order valence-electron chi connectivity index (χ2n) is 8.27. The Morgan fingerprint density at radius 1 is 1.18 bits per heavy atom. The summed E-state index contributed by atoms with van der Waals surface area (Å²) >= 11 is 0. The first-order chi connectivity index (χ1) is 10.5. The lowest BCUT2D eigenvalue weighted by molar-refractivity contribution is -0.116. The van der Waals surface area contributed by atoms with E-state index in [2.05, 4.69) is 13.0 Å². The number of carbonyl (C=O) groups is 1. The van der Waals surface area contributed by atoms with Crippen molar-refractivity contribution in [1.29, 1.82) is 5.26 Å². The van der Waals surface area contributed by atoms with E-state index >= 15 is 0 Å². The van der Waals surface area contributed by atoms with Crippen LogP contribution in [0.4, 0.5) is 0 Å². The quantitative estimate of drug-likeness (QED) is 0.697. The Hall–Kier alpha value is -1.14. The van der Waals surface area contributed by atoms with Crippen LogP contribution in [0, 0.1) is 40.4 Å². The molecule has 3 heteroatoms. The third kappa shape index (κ3) is 1.74. The van der Waals surface area contributed by atoms with Crippen LogP contribution in [0.25, 0.3) is 0 Å². The van der Waals surface area contributed by atoms with Crippen LogP contribution < -0.4 is 0 Å². The predicted molar refractivity (Wildman–Crippen MR) is 82.7 cm³/mol. The first-order valence-corrected chi connectivity index (χ1v) is 8.85. The number of fused-ring (bicyclic) bond motifs is 5. The average Bonchev–Trinajstić information content (AvgIpc) is 2.79. The average molecular weight is 299 g/mol. The summed E-state index contributed by atoms with van der Waals surface area (Å²) in [7, 11) is 0. The van der Waals surface area contributed by atoms with Crippen LogP contribution in [0.5, 0.6) is 0 Å². The van der Waals surface area contributed by atoms with Crippen LogP contribution in [-0.2, 0) is 4.79 Å². The summed E-state index contributed by atoms with van der Waals surface area (Å²) in [6.07, 6.45) is 9.56. The Morgan fingerprint density at radius 3 is 2.77 bits per heavy atom. The Labute approximate surface area is 132 Å². The lowest BCUT2D eigenvalue weighted by Crippen LogP contribution is -2.52. The summed E-state index contributed by atoms with van der Waals surface area (Å²) in [6, 6.07) is 2.24. The van der Waals surface area contributed by atoms with E-state index in [0.717, 1.165) is 38.5 Å². The molecule has 0 amide bonds. The molecule has 0 radical (unpaired) electrons. The molecule has 0 aliphatic heterocycles. The molecule has 0 spiro atoms. The molecule has 0 aromatic heterocycles. The number of nitriles is 1. The molecule has 22 heavy (non-hydrogen) atoms. The molecule has 0 saturated heterocycles. The van der Waals surface area contributed by atoms with Gasteiger partial charge in [0.05, 0.1) is 6.07 Å². The second-order valence-corrected chi connectivity index (χ2v) is 8.27. The molecule has 3 saturated carbocycles. The molecule has 0 aromatic rings. The van der Waals surface area contributed by atoms with Crippen molar-refractivity contribution in [2.75, 3.05) is 0 Å². The van der Waals surface area contributed by atoms with Crippen LogP contribution in [0.3, 0.4) is 0 Å². The van der Waals surface area contributed by atoms with Gasteiger partial charge < -0.3 is 5.11 Å². The number of hydrogen-bond acceptors (Lipinski definition) is 3. The van der Waals surface area contributed by atoms with Gasteiger partial charge in [0, 0.05) is 11.8 Å². The Kier molecular flexibility index (Phi) is 3.07. The highest BCUT2D eigenvalue weighted by Crippen LogP contribution is 2.64. The third-order valence-corrected chi connectivity index (χ3v) is 7.64. The lowest BCUT2D eigenvalue weighted by atomic mass is 9.51. The molecule has 0 heterocycles. The molecule has 4 aliphatic rings. The number of aliphatic hydroxyl groups is 1. The fourth-order valence-electron chi connectivity index (χ4n) is 6.38. The minimum absolute atomic E-state index is 0.228. The first kappa shape index (κ1) is 14.5. The fraction of sp³-hybridized carbons (Fsp3) is 0.789. The van der Waals surface area contributed by atoms with E-state index in [0.29, 0.717) is 42.3 Å². The standard InChI is InChI=1S/C19H25NO2/c1-18-8-6-15-14-5-3-13(21)10-12(14)2-4-16(15)17(18)7-9-19(18,22)11-20/h10,14-17,22H,2-9H2,1H3/t14?,15-,16-,17+,18+,19-/m1/s1. The lowest BCUT2D eigenvalue weighted by Gasteiger charge is -2.54. The minimum atomic E-state index is -1.12. The van der Waals surface area contributed by atoms with Crippen LogP contribution in [0.15, 0.2) is 11.6 Å². The Bertz CT molecular complexity index is 589. The van der Waals surface area contributed by atoms with Crippen molar-refractivity contribution in [3.05, 3.63) is 11.6 Å². The molecule has 1 unspecified atom stereocenters. The number of nitrogens with zero attached hydrogens (tertiary/aromatic N) is 1. The van der Waals surface area contributed by atoms with Gasteiger partial charge in [0.2, 0.25) is 0 Å². The summed E-state index contributed by atoms with van der Waals surface area (Å²) in [6.45, 7) is 2.15.